The predicted octanol–water partition coefficient (Wildman–Crippen LogP) is 4.94. The first-order valence-corrected chi connectivity index (χ1v) is 13.3. The Morgan fingerprint density at radius 3 is 2.26 bits per heavy atom. The summed E-state index contributed by atoms with van der Waals surface area (Å²) in [5.74, 6) is -0.934. The SMILES string of the molecule is Cc1cc(C)c(S(=O)(=O)N2c3ccccc3NC(=O)C2CC(=O)N(C)c2ccc(Br)cc2)c(C)c1. The summed E-state index contributed by atoms with van der Waals surface area (Å²) in [6.45, 7) is 5.38. The average Bonchev–Trinajstić information content (AvgIpc) is 2.78. The number of sulfonamides is 1. The van der Waals surface area contributed by atoms with Gasteiger partial charge in [-0.3, -0.25) is 13.9 Å². The minimum absolute atomic E-state index is 0.145. The molecule has 1 unspecified atom stereocenters. The van der Waals surface area contributed by atoms with Gasteiger partial charge in [0.05, 0.1) is 22.7 Å². The molecule has 3 aromatic rings. The van der Waals surface area contributed by atoms with Crippen molar-refractivity contribution < 1.29 is 18.0 Å². The van der Waals surface area contributed by atoms with Crippen molar-refractivity contribution in [3.8, 4) is 0 Å². The molecule has 0 saturated carbocycles. The molecule has 3 aromatic carbocycles. The predicted molar refractivity (Wildman–Crippen MR) is 141 cm³/mol. The van der Waals surface area contributed by atoms with Crippen LogP contribution in [-0.2, 0) is 19.6 Å². The first-order chi connectivity index (χ1) is 16.5. The van der Waals surface area contributed by atoms with Gasteiger partial charge in [-0.2, -0.15) is 0 Å². The van der Waals surface area contributed by atoms with Crippen molar-refractivity contribution in [1.82, 2.24) is 0 Å². The molecule has 0 aromatic heterocycles. The second-order valence-electron chi connectivity index (χ2n) is 8.68. The van der Waals surface area contributed by atoms with Crippen LogP contribution in [-0.4, -0.2) is 33.3 Å². The molecule has 1 heterocycles. The van der Waals surface area contributed by atoms with Gasteiger partial charge in [-0.05, 0) is 68.3 Å². The number of aryl methyl sites for hydroxylation is 3. The number of nitrogens with one attached hydrogen (secondary N) is 1. The molecule has 1 atom stereocenters. The van der Waals surface area contributed by atoms with E-state index in [1.807, 2.05) is 19.1 Å². The van der Waals surface area contributed by atoms with Crippen molar-refractivity contribution >= 4 is 54.8 Å². The van der Waals surface area contributed by atoms with Gasteiger partial charge in [-0.25, -0.2) is 8.42 Å². The molecule has 9 heteroatoms. The van der Waals surface area contributed by atoms with Crippen LogP contribution in [0.1, 0.15) is 23.1 Å². The molecule has 2 amide bonds. The number of benzene rings is 3. The van der Waals surface area contributed by atoms with E-state index in [1.54, 1.807) is 69.4 Å². The van der Waals surface area contributed by atoms with Gasteiger partial charge in [0, 0.05) is 17.2 Å². The van der Waals surface area contributed by atoms with Crippen LogP contribution < -0.4 is 14.5 Å². The lowest BCUT2D eigenvalue weighted by molar-refractivity contribution is -0.123. The van der Waals surface area contributed by atoms with Crippen molar-refractivity contribution in [2.45, 2.75) is 38.1 Å². The Labute approximate surface area is 213 Å². The van der Waals surface area contributed by atoms with Crippen LogP contribution in [0.5, 0.6) is 0 Å². The number of anilines is 3. The summed E-state index contributed by atoms with van der Waals surface area (Å²) in [5.41, 5.74) is 3.46. The van der Waals surface area contributed by atoms with Crippen molar-refractivity contribution in [2.75, 3.05) is 21.6 Å². The lowest BCUT2D eigenvalue weighted by Crippen LogP contribution is -2.53. The molecule has 0 aliphatic carbocycles. The van der Waals surface area contributed by atoms with Gasteiger partial charge in [-0.1, -0.05) is 45.8 Å². The second-order valence-corrected chi connectivity index (χ2v) is 11.4. The third-order valence-electron chi connectivity index (χ3n) is 6.06. The molecule has 0 spiro atoms. The van der Waals surface area contributed by atoms with Gasteiger partial charge in [0.15, 0.2) is 0 Å². The molecule has 0 bridgehead atoms. The lowest BCUT2D eigenvalue weighted by Gasteiger charge is -2.37. The van der Waals surface area contributed by atoms with E-state index in [1.165, 1.54) is 4.90 Å². The largest absolute Gasteiger partial charge is 0.322 e. The topological polar surface area (TPSA) is 86.8 Å². The zero-order valence-electron chi connectivity index (χ0n) is 19.9. The number of hydrogen-bond acceptors (Lipinski definition) is 4. The average molecular weight is 556 g/mol. The number of fused-ring (bicyclic) bond motifs is 1. The molecule has 1 aliphatic rings. The van der Waals surface area contributed by atoms with Crippen LogP contribution in [0, 0.1) is 20.8 Å². The van der Waals surface area contributed by atoms with Crippen molar-refractivity contribution in [3.05, 3.63) is 81.8 Å². The third-order valence-corrected chi connectivity index (χ3v) is 8.72. The monoisotopic (exact) mass is 555 g/mol. The fourth-order valence-corrected chi connectivity index (χ4v) is 6.83. The molecule has 7 nitrogen and oxygen atoms in total. The molecule has 0 radical (unpaired) electrons. The maximum absolute atomic E-state index is 14.1. The van der Waals surface area contributed by atoms with E-state index in [0.29, 0.717) is 28.2 Å². The second kappa shape index (κ2) is 9.47. The molecule has 1 N–H and O–H groups in total. The van der Waals surface area contributed by atoms with Crippen LogP contribution in [0.2, 0.25) is 0 Å². The van der Waals surface area contributed by atoms with E-state index >= 15 is 0 Å². The van der Waals surface area contributed by atoms with E-state index < -0.39 is 22.0 Å². The third kappa shape index (κ3) is 4.70. The molecular weight excluding hydrogens is 530 g/mol. The van der Waals surface area contributed by atoms with E-state index in [0.717, 1.165) is 14.3 Å². The molecule has 0 saturated heterocycles. The van der Waals surface area contributed by atoms with E-state index in [9.17, 15) is 18.0 Å². The number of rotatable bonds is 5. The van der Waals surface area contributed by atoms with Gasteiger partial charge in [0.2, 0.25) is 11.8 Å². The first kappa shape index (κ1) is 24.9. The summed E-state index contributed by atoms with van der Waals surface area (Å²) in [6.07, 6.45) is -0.323. The van der Waals surface area contributed by atoms with Crippen LogP contribution in [0.25, 0.3) is 0 Å². The number of carbonyl (C=O) groups is 2. The number of para-hydroxylation sites is 2. The van der Waals surface area contributed by atoms with Crippen molar-refractivity contribution in [3.63, 3.8) is 0 Å². The van der Waals surface area contributed by atoms with Crippen molar-refractivity contribution in [1.29, 1.82) is 0 Å². The van der Waals surface area contributed by atoms with Crippen molar-refractivity contribution in [2.24, 2.45) is 0 Å². The quantitative estimate of drug-likeness (QED) is 0.482. The van der Waals surface area contributed by atoms with E-state index in [2.05, 4.69) is 21.2 Å². The van der Waals surface area contributed by atoms with Crippen LogP contribution in [0.3, 0.4) is 0 Å². The highest BCUT2D eigenvalue weighted by Crippen LogP contribution is 2.39. The van der Waals surface area contributed by atoms with E-state index in [4.69, 9.17) is 0 Å². The zero-order valence-corrected chi connectivity index (χ0v) is 22.3. The smallest absolute Gasteiger partial charge is 0.265 e. The van der Waals surface area contributed by atoms with Crippen LogP contribution >= 0.6 is 15.9 Å². The Hall–Kier alpha value is -3.17. The molecule has 1 aliphatic heterocycles. The number of carbonyl (C=O) groups excluding carboxylic acids is 2. The molecule has 4 rings (SSSR count). The van der Waals surface area contributed by atoms with Gasteiger partial charge in [-0.15, -0.1) is 0 Å². The van der Waals surface area contributed by atoms with Gasteiger partial charge >= 0.3 is 0 Å². The standard InChI is InChI=1S/C26H26BrN3O4S/c1-16-13-17(2)25(18(3)14-16)35(33,34)30-22-8-6-5-7-21(22)28-26(32)23(30)15-24(31)29(4)20-11-9-19(27)10-12-20/h5-14,23H,15H2,1-4H3,(H,28,32). The highest BCUT2D eigenvalue weighted by molar-refractivity contribution is 9.10. The zero-order chi connectivity index (χ0) is 25.5. The number of amides is 2. The number of hydrogen-bond donors (Lipinski definition) is 1. The van der Waals surface area contributed by atoms with Crippen LogP contribution in [0.4, 0.5) is 17.1 Å². The fourth-order valence-electron chi connectivity index (χ4n) is 4.52. The lowest BCUT2D eigenvalue weighted by atomic mass is 10.1. The maximum Gasteiger partial charge on any atom is 0.265 e. The summed E-state index contributed by atoms with van der Waals surface area (Å²) in [5, 5.41) is 2.77. The Balaban J connectivity index is 1.80. The Morgan fingerprint density at radius 2 is 1.63 bits per heavy atom. The Bertz CT molecular complexity index is 1400. The fraction of sp³-hybridized carbons (Fsp3) is 0.231. The summed E-state index contributed by atoms with van der Waals surface area (Å²) in [7, 11) is -2.58. The molecular formula is C26H26BrN3O4S. The normalized spacial score (nSPS) is 15.4. The van der Waals surface area contributed by atoms with Gasteiger partial charge in [0.1, 0.15) is 6.04 Å². The van der Waals surface area contributed by atoms with E-state index in [-0.39, 0.29) is 17.2 Å². The highest BCUT2D eigenvalue weighted by atomic mass is 79.9. The Morgan fingerprint density at radius 1 is 1.03 bits per heavy atom. The molecule has 0 fully saturated rings. The summed E-state index contributed by atoms with van der Waals surface area (Å²) in [6, 6.07) is 16.2. The highest BCUT2D eigenvalue weighted by Gasteiger charge is 2.43. The minimum atomic E-state index is -4.18. The minimum Gasteiger partial charge on any atom is -0.322 e. The maximum atomic E-state index is 14.1. The number of nitrogens with zero attached hydrogens (tertiary/aromatic N) is 2. The summed E-state index contributed by atoms with van der Waals surface area (Å²) >= 11 is 3.37. The van der Waals surface area contributed by atoms with Crippen LogP contribution in [0.15, 0.2) is 70.0 Å². The molecule has 182 valence electrons. The van der Waals surface area contributed by atoms with Gasteiger partial charge < -0.3 is 10.2 Å². The number of halogens is 1. The Kier molecular flexibility index (Phi) is 6.75. The summed E-state index contributed by atoms with van der Waals surface area (Å²) < 4.78 is 30.2. The summed E-state index contributed by atoms with van der Waals surface area (Å²) in [4.78, 5) is 28.0. The molecule has 35 heavy (non-hydrogen) atoms. The first-order valence-electron chi connectivity index (χ1n) is 11.0. The van der Waals surface area contributed by atoms with Gasteiger partial charge in [0.25, 0.3) is 10.0 Å².